The SMILES string of the molecule is CN(C1CCC(=O)CC1)S(C)=O. The number of nitrogens with zero attached hydrogens (tertiary/aromatic N) is 1. The molecule has 1 aliphatic rings. The van der Waals surface area contributed by atoms with Crippen LogP contribution in [0, 0.1) is 0 Å². The topological polar surface area (TPSA) is 37.4 Å². The van der Waals surface area contributed by atoms with E-state index >= 15 is 0 Å². The van der Waals surface area contributed by atoms with Crippen molar-refractivity contribution in [2.24, 2.45) is 0 Å². The van der Waals surface area contributed by atoms with E-state index in [1.807, 2.05) is 11.4 Å². The first-order chi connectivity index (χ1) is 5.61. The van der Waals surface area contributed by atoms with Crippen molar-refractivity contribution in [1.82, 2.24) is 4.31 Å². The van der Waals surface area contributed by atoms with E-state index in [1.54, 1.807) is 6.26 Å². The van der Waals surface area contributed by atoms with E-state index < -0.39 is 11.0 Å². The molecule has 0 bridgehead atoms. The summed E-state index contributed by atoms with van der Waals surface area (Å²) in [5.41, 5.74) is 0. The van der Waals surface area contributed by atoms with Gasteiger partial charge in [0, 0.05) is 32.2 Å². The third kappa shape index (κ3) is 2.38. The van der Waals surface area contributed by atoms with Crippen LogP contribution in [0.5, 0.6) is 0 Å². The summed E-state index contributed by atoms with van der Waals surface area (Å²) in [6.07, 6.45) is 4.73. The van der Waals surface area contributed by atoms with Gasteiger partial charge in [0.25, 0.3) is 0 Å². The maximum absolute atomic E-state index is 11.1. The van der Waals surface area contributed by atoms with Gasteiger partial charge in [0.15, 0.2) is 0 Å². The van der Waals surface area contributed by atoms with Crippen molar-refractivity contribution < 1.29 is 9.00 Å². The average molecular weight is 189 g/mol. The molecule has 12 heavy (non-hydrogen) atoms. The standard InChI is InChI=1S/C8H15NO2S/c1-9(12(2)11)7-3-5-8(10)6-4-7/h7H,3-6H2,1-2H3. The number of rotatable bonds is 2. The maximum Gasteiger partial charge on any atom is 0.133 e. The summed E-state index contributed by atoms with van der Waals surface area (Å²) in [5, 5.41) is 0. The molecule has 0 saturated heterocycles. The molecular weight excluding hydrogens is 174 g/mol. The van der Waals surface area contributed by atoms with Crippen LogP contribution in [0.2, 0.25) is 0 Å². The molecule has 0 aliphatic heterocycles. The second-order valence-corrected chi connectivity index (χ2v) is 4.66. The largest absolute Gasteiger partial charge is 0.300 e. The zero-order valence-electron chi connectivity index (χ0n) is 7.58. The van der Waals surface area contributed by atoms with E-state index in [1.165, 1.54) is 0 Å². The highest BCUT2D eigenvalue weighted by Gasteiger charge is 2.23. The van der Waals surface area contributed by atoms with Gasteiger partial charge in [0.05, 0.1) is 11.0 Å². The summed E-state index contributed by atoms with van der Waals surface area (Å²) in [6.45, 7) is 0. The molecule has 0 aromatic carbocycles. The van der Waals surface area contributed by atoms with E-state index in [0.29, 0.717) is 24.7 Å². The quantitative estimate of drug-likeness (QED) is 0.642. The number of hydrogen-bond donors (Lipinski definition) is 0. The first-order valence-electron chi connectivity index (χ1n) is 4.19. The Hall–Kier alpha value is -0.220. The van der Waals surface area contributed by atoms with Crippen molar-refractivity contribution >= 4 is 16.8 Å². The van der Waals surface area contributed by atoms with Gasteiger partial charge in [-0.05, 0) is 12.8 Å². The van der Waals surface area contributed by atoms with Crippen LogP contribution in [0.15, 0.2) is 0 Å². The molecule has 1 aliphatic carbocycles. The molecule has 0 heterocycles. The first kappa shape index (κ1) is 9.86. The summed E-state index contributed by atoms with van der Waals surface area (Å²) >= 11 is 0. The molecule has 70 valence electrons. The number of ketones is 1. The molecule has 0 N–H and O–H groups in total. The molecule has 1 unspecified atom stereocenters. The van der Waals surface area contributed by atoms with Crippen LogP contribution < -0.4 is 0 Å². The van der Waals surface area contributed by atoms with Gasteiger partial charge in [-0.1, -0.05) is 0 Å². The monoisotopic (exact) mass is 189 g/mol. The summed E-state index contributed by atoms with van der Waals surface area (Å²) in [5.74, 6) is 0.349. The van der Waals surface area contributed by atoms with Gasteiger partial charge in [-0.2, -0.15) is 0 Å². The fraction of sp³-hybridized carbons (Fsp3) is 0.875. The normalized spacial score (nSPS) is 23.1. The van der Waals surface area contributed by atoms with Gasteiger partial charge in [0.2, 0.25) is 0 Å². The smallest absolute Gasteiger partial charge is 0.133 e. The Balaban J connectivity index is 2.44. The Morgan fingerprint density at radius 3 is 2.33 bits per heavy atom. The van der Waals surface area contributed by atoms with Gasteiger partial charge in [-0.15, -0.1) is 0 Å². The van der Waals surface area contributed by atoms with Crippen LogP contribution >= 0.6 is 0 Å². The van der Waals surface area contributed by atoms with Crippen molar-refractivity contribution in [3.63, 3.8) is 0 Å². The van der Waals surface area contributed by atoms with E-state index in [4.69, 9.17) is 0 Å². The Bertz CT molecular complexity index is 195. The van der Waals surface area contributed by atoms with Crippen LogP contribution in [0.25, 0.3) is 0 Å². The molecule has 0 radical (unpaired) electrons. The van der Waals surface area contributed by atoms with E-state index in [2.05, 4.69) is 0 Å². The summed E-state index contributed by atoms with van der Waals surface area (Å²) in [6, 6.07) is 0.341. The molecular formula is C8H15NO2S. The van der Waals surface area contributed by atoms with E-state index in [9.17, 15) is 9.00 Å². The Morgan fingerprint density at radius 1 is 1.42 bits per heavy atom. The predicted octanol–water partition coefficient (Wildman–Crippen LogP) is 0.723. The molecule has 1 rings (SSSR count). The summed E-state index contributed by atoms with van der Waals surface area (Å²) < 4.78 is 12.9. The minimum Gasteiger partial charge on any atom is -0.300 e. The number of carbonyl (C=O) groups is 1. The minimum absolute atomic E-state index is 0.341. The Kier molecular flexibility index (Phi) is 3.40. The van der Waals surface area contributed by atoms with Crippen LogP contribution in [-0.2, 0) is 15.8 Å². The third-order valence-corrected chi connectivity index (χ3v) is 3.54. The van der Waals surface area contributed by atoms with Crippen LogP contribution in [0.3, 0.4) is 0 Å². The second kappa shape index (κ2) is 4.14. The van der Waals surface area contributed by atoms with Crippen LogP contribution in [-0.4, -0.2) is 33.6 Å². The lowest BCUT2D eigenvalue weighted by Crippen LogP contribution is -2.35. The maximum atomic E-state index is 11.1. The third-order valence-electron chi connectivity index (χ3n) is 2.43. The molecule has 1 fully saturated rings. The highest BCUT2D eigenvalue weighted by atomic mass is 32.2. The Labute approximate surface area is 75.7 Å². The minimum atomic E-state index is -0.897. The van der Waals surface area contributed by atoms with E-state index in [0.717, 1.165) is 12.8 Å². The van der Waals surface area contributed by atoms with Gasteiger partial charge in [-0.25, -0.2) is 8.51 Å². The molecule has 1 saturated carbocycles. The second-order valence-electron chi connectivity index (χ2n) is 3.24. The predicted molar refractivity (Wildman–Crippen MR) is 49.1 cm³/mol. The number of hydrogen-bond acceptors (Lipinski definition) is 2. The van der Waals surface area contributed by atoms with Crippen molar-refractivity contribution in [3.05, 3.63) is 0 Å². The lowest BCUT2D eigenvalue weighted by atomic mass is 9.95. The zero-order chi connectivity index (χ0) is 9.14. The van der Waals surface area contributed by atoms with Crippen LogP contribution in [0.1, 0.15) is 25.7 Å². The average Bonchev–Trinajstić information content (AvgIpc) is 2.04. The molecule has 1 atom stereocenters. The fourth-order valence-electron chi connectivity index (χ4n) is 1.50. The molecule has 0 aromatic heterocycles. The lowest BCUT2D eigenvalue weighted by Gasteiger charge is -2.28. The summed E-state index contributed by atoms with van der Waals surface area (Å²) in [7, 11) is 0.961. The van der Waals surface area contributed by atoms with Gasteiger partial charge < -0.3 is 0 Å². The van der Waals surface area contributed by atoms with Gasteiger partial charge in [-0.3, -0.25) is 4.79 Å². The highest BCUT2D eigenvalue weighted by Crippen LogP contribution is 2.19. The molecule has 4 heteroatoms. The van der Waals surface area contributed by atoms with Crippen molar-refractivity contribution in [1.29, 1.82) is 0 Å². The van der Waals surface area contributed by atoms with Crippen molar-refractivity contribution in [2.45, 2.75) is 31.7 Å². The lowest BCUT2D eigenvalue weighted by molar-refractivity contribution is -0.120. The number of carbonyl (C=O) groups excluding carboxylic acids is 1. The zero-order valence-corrected chi connectivity index (χ0v) is 8.39. The van der Waals surface area contributed by atoms with Crippen molar-refractivity contribution in [3.8, 4) is 0 Å². The molecule has 0 aromatic rings. The van der Waals surface area contributed by atoms with Crippen LogP contribution in [0.4, 0.5) is 0 Å². The summed E-state index contributed by atoms with van der Waals surface area (Å²) in [4.78, 5) is 10.9. The Morgan fingerprint density at radius 2 is 1.92 bits per heavy atom. The fourth-order valence-corrected chi connectivity index (χ4v) is 2.13. The molecule has 0 spiro atoms. The van der Waals surface area contributed by atoms with E-state index in [-0.39, 0.29) is 0 Å². The van der Waals surface area contributed by atoms with Crippen molar-refractivity contribution in [2.75, 3.05) is 13.3 Å². The molecule has 0 amide bonds. The van der Waals surface area contributed by atoms with Gasteiger partial charge in [0.1, 0.15) is 5.78 Å². The number of Topliss-reactive ketones (excluding diaryl/α,β-unsaturated/α-hetero) is 1. The molecule has 3 nitrogen and oxygen atoms in total. The highest BCUT2D eigenvalue weighted by molar-refractivity contribution is 7.81. The first-order valence-corrected chi connectivity index (χ1v) is 5.71. The van der Waals surface area contributed by atoms with Gasteiger partial charge >= 0.3 is 0 Å².